The highest BCUT2D eigenvalue weighted by Crippen LogP contribution is 2.05. The maximum atomic E-state index is 11.2. The molecular formula is C9H11ClO6. The second-order valence-electron chi connectivity index (χ2n) is 2.82. The van der Waals surface area contributed by atoms with Crippen molar-refractivity contribution in [2.45, 2.75) is 18.2 Å². The number of alkyl halides is 1. The van der Waals surface area contributed by atoms with E-state index in [9.17, 15) is 19.2 Å². The highest BCUT2D eigenvalue weighted by atomic mass is 35.5. The van der Waals surface area contributed by atoms with Crippen molar-refractivity contribution >= 4 is 35.1 Å². The molecule has 0 aromatic heterocycles. The molecule has 7 heteroatoms. The van der Waals surface area contributed by atoms with Crippen LogP contribution in [0, 0.1) is 0 Å². The Balaban J connectivity index is 4.19. The van der Waals surface area contributed by atoms with Gasteiger partial charge < -0.3 is 9.47 Å². The highest BCUT2D eigenvalue weighted by molar-refractivity contribution is 6.42. The fraction of sp³-hybridized carbons (Fsp3) is 0.556. The van der Waals surface area contributed by atoms with Gasteiger partial charge in [-0.2, -0.15) is 0 Å². The summed E-state index contributed by atoms with van der Waals surface area (Å²) in [5, 5.41) is -1.52. The molecule has 0 aromatic rings. The first-order valence-electron chi connectivity index (χ1n) is 4.25. The maximum absolute atomic E-state index is 11.2. The summed E-state index contributed by atoms with van der Waals surface area (Å²) >= 11 is 5.40. The highest BCUT2D eigenvalue weighted by Gasteiger charge is 2.27. The summed E-state index contributed by atoms with van der Waals surface area (Å²) in [5.74, 6) is -3.15. The van der Waals surface area contributed by atoms with Crippen LogP contribution in [0.2, 0.25) is 0 Å². The van der Waals surface area contributed by atoms with Crippen molar-refractivity contribution in [2.24, 2.45) is 0 Å². The second kappa shape index (κ2) is 6.95. The van der Waals surface area contributed by atoms with Crippen LogP contribution in [0.4, 0.5) is 0 Å². The molecule has 0 radical (unpaired) electrons. The smallest absolute Gasteiger partial charge is 0.331 e. The number of ether oxygens (including phenoxy) is 2. The summed E-state index contributed by atoms with van der Waals surface area (Å²) in [5.41, 5.74) is 0. The number of ketones is 2. The third kappa shape index (κ3) is 4.88. The Labute approximate surface area is 96.8 Å². The van der Waals surface area contributed by atoms with Gasteiger partial charge >= 0.3 is 11.9 Å². The Kier molecular flexibility index (Phi) is 6.32. The zero-order valence-corrected chi connectivity index (χ0v) is 9.57. The Morgan fingerprint density at radius 3 is 2.06 bits per heavy atom. The Morgan fingerprint density at radius 2 is 1.62 bits per heavy atom. The van der Waals surface area contributed by atoms with Crippen LogP contribution >= 0.6 is 11.6 Å². The molecule has 0 spiro atoms. The Bertz CT molecular complexity index is 311. The van der Waals surface area contributed by atoms with Gasteiger partial charge in [-0.3, -0.25) is 14.4 Å². The predicted octanol–water partition coefficient (Wildman–Crippen LogP) is -0.142. The minimum Gasteiger partial charge on any atom is -0.469 e. The van der Waals surface area contributed by atoms with Crippen LogP contribution in [0.1, 0.15) is 12.8 Å². The van der Waals surface area contributed by atoms with Crippen molar-refractivity contribution in [1.82, 2.24) is 0 Å². The third-order valence-electron chi connectivity index (χ3n) is 1.63. The van der Waals surface area contributed by atoms with E-state index in [2.05, 4.69) is 9.47 Å². The molecule has 16 heavy (non-hydrogen) atoms. The zero-order valence-electron chi connectivity index (χ0n) is 8.82. The molecule has 0 heterocycles. The fourth-order valence-electron chi connectivity index (χ4n) is 0.815. The lowest BCUT2D eigenvalue weighted by Crippen LogP contribution is -2.28. The topological polar surface area (TPSA) is 86.7 Å². The van der Waals surface area contributed by atoms with E-state index >= 15 is 0 Å². The molecule has 0 N–H and O–H groups in total. The lowest BCUT2D eigenvalue weighted by molar-refractivity contribution is -0.143. The van der Waals surface area contributed by atoms with Gasteiger partial charge in [-0.05, 0) is 0 Å². The molecule has 0 rings (SSSR count). The van der Waals surface area contributed by atoms with Crippen LogP contribution < -0.4 is 0 Å². The normalized spacial score (nSPS) is 11.4. The molecule has 90 valence electrons. The molecule has 0 aliphatic heterocycles. The monoisotopic (exact) mass is 250 g/mol. The number of methoxy groups -OCH3 is 2. The predicted molar refractivity (Wildman–Crippen MR) is 52.9 cm³/mol. The number of halogens is 1. The van der Waals surface area contributed by atoms with Gasteiger partial charge in [0.15, 0.2) is 16.9 Å². The summed E-state index contributed by atoms with van der Waals surface area (Å²) in [6.45, 7) is 0. The molecule has 6 nitrogen and oxygen atoms in total. The average Bonchev–Trinajstić information content (AvgIpc) is 2.26. The van der Waals surface area contributed by atoms with Crippen LogP contribution in [0.15, 0.2) is 0 Å². The molecule has 1 atom stereocenters. The molecule has 0 aliphatic carbocycles. The van der Waals surface area contributed by atoms with Crippen LogP contribution in [0.3, 0.4) is 0 Å². The fourth-order valence-corrected chi connectivity index (χ4v) is 0.981. The molecular weight excluding hydrogens is 240 g/mol. The first-order chi connectivity index (χ1) is 7.42. The van der Waals surface area contributed by atoms with E-state index in [1.54, 1.807) is 0 Å². The molecule has 0 fully saturated rings. The van der Waals surface area contributed by atoms with Gasteiger partial charge in [0.25, 0.3) is 0 Å². The van der Waals surface area contributed by atoms with Crippen molar-refractivity contribution in [3.63, 3.8) is 0 Å². The van der Waals surface area contributed by atoms with Crippen LogP contribution in [-0.2, 0) is 28.7 Å². The van der Waals surface area contributed by atoms with Crippen LogP contribution in [-0.4, -0.2) is 43.1 Å². The first-order valence-corrected chi connectivity index (χ1v) is 4.69. The molecule has 0 aromatic carbocycles. The first kappa shape index (κ1) is 14.6. The molecule has 0 saturated heterocycles. The summed E-state index contributed by atoms with van der Waals surface area (Å²) in [6.07, 6.45) is -1.12. The van der Waals surface area contributed by atoms with Crippen LogP contribution in [0.5, 0.6) is 0 Å². The van der Waals surface area contributed by atoms with E-state index in [0.29, 0.717) is 0 Å². The minimum absolute atomic E-state index is 0.521. The molecule has 1 unspecified atom stereocenters. The second-order valence-corrected chi connectivity index (χ2v) is 3.26. The van der Waals surface area contributed by atoms with Gasteiger partial charge in [-0.15, -0.1) is 11.6 Å². The number of carbonyl (C=O) groups is 4. The summed E-state index contributed by atoms with van der Waals surface area (Å²) in [4.78, 5) is 43.8. The number of carbonyl (C=O) groups excluding carboxylic acids is 4. The summed E-state index contributed by atoms with van der Waals surface area (Å²) < 4.78 is 8.46. The lowest BCUT2D eigenvalue weighted by atomic mass is 10.1. The molecule has 0 aliphatic rings. The zero-order chi connectivity index (χ0) is 12.7. The van der Waals surface area contributed by atoms with Crippen molar-refractivity contribution in [1.29, 1.82) is 0 Å². The van der Waals surface area contributed by atoms with Crippen molar-refractivity contribution in [3.05, 3.63) is 0 Å². The number of rotatable bonds is 6. The Hall–Kier alpha value is -1.43. The number of esters is 2. The van der Waals surface area contributed by atoms with E-state index in [0.717, 1.165) is 14.2 Å². The molecule has 0 bridgehead atoms. The van der Waals surface area contributed by atoms with Crippen molar-refractivity contribution in [2.75, 3.05) is 14.2 Å². The number of Topliss-reactive ketones (excluding diaryl/α,β-unsaturated/α-hetero) is 2. The number of hydrogen-bond donors (Lipinski definition) is 0. The summed E-state index contributed by atoms with van der Waals surface area (Å²) in [6, 6.07) is 0. The SMILES string of the molecule is COC(=O)CC(=O)CC(=O)C(Cl)C(=O)OC. The van der Waals surface area contributed by atoms with E-state index in [1.165, 1.54) is 0 Å². The van der Waals surface area contributed by atoms with Gasteiger partial charge in [0.1, 0.15) is 6.42 Å². The van der Waals surface area contributed by atoms with Crippen molar-refractivity contribution in [3.8, 4) is 0 Å². The average molecular weight is 251 g/mol. The van der Waals surface area contributed by atoms with E-state index in [-0.39, 0.29) is 0 Å². The minimum atomic E-state index is -1.52. The van der Waals surface area contributed by atoms with E-state index in [1.807, 2.05) is 0 Å². The molecule has 0 saturated carbocycles. The quantitative estimate of drug-likeness (QED) is 0.370. The number of hydrogen-bond acceptors (Lipinski definition) is 6. The summed E-state index contributed by atoms with van der Waals surface area (Å²) in [7, 11) is 2.19. The molecule has 0 amide bonds. The maximum Gasteiger partial charge on any atom is 0.331 e. The van der Waals surface area contributed by atoms with Gasteiger partial charge in [-0.25, -0.2) is 4.79 Å². The Morgan fingerprint density at radius 1 is 1.06 bits per heavy atom. The lowest BCUT2D eigenvalue weighted by Gasteiger charge is -2.05. The van der Waals surface area contributed by atoms with Gasteiger partial charge in [0, 0.05) is 0 Å². The van der Waals surface area contributed by atoms with E-state index < -0.39 is 41.7 Å². The largest absolute Gasteiger partial charge is 0.469 e. The van der Waals surface area contributed by atoms with Gasteiger partial charge in [-0.1, -0.05) is 0 Å². The van der Waals surface area contributed by atoms with Gasteiger partial charge in [0.05, 0.1) is 20.6 Å². The van der Waals surface area contributed by atoms with Crippen LogP contribution in [0.25, 0.3) is 0 Å². The third-order valence-corrected chi connectivity index (χ3v) is 2.05. The van der Waals surface area contributed by atoms with Crippen molar-refractivity contribution < 1.29 is 28.7 Å². The van der Waals surface area contributed by atoms with E-state index in [4.69, 9.17) is 11.6 Å². The van der Waals surface area contributed by atoms with Gasteiger partial charge in [0.2, 0.25) is 0 Å². The standard InChI is InChI=1S/C9H11ClO6/c1-15-7(13)4-5(11)3-6(12)8(10)9(14)16-2/h8H,3-4H2,1-2H3.